The Balaban J connectivity index is 0. The Hall–Kier alpha value is -0.624. The van der Waals surface area contributed by atoms with E-state index in [1.165, 1.54) is 32.1 Å². The van der Waals surface area contributed by atoms with Crippen LogP contribution in [0.1, 0.15) is 61.1 Å². The van der Waals surface area contributed by atoms with Crippen LogP contribution in [0.25, 0.3) is 10.8 Å². The maximum Gasteiger partial charge on any atom is 2.00 e. The predicted molar refractivity (Wildman–Crippen MR) is 108 cm³/mol. The van der Waals surface area contributed by atoms with Gasteiger partial charge in [0.1, 0.15) is 4.90 Å². The maximum atomic E-state index is 12.4. The van der Waals surface area contributed by atoms with E-state index in [1.807, 2.05) is 30.3 Å². The second-order valence-electron chi connectivity index (χ2n) is 6.23. The van der Waals surface area contributed by atoms with Crippen LogP contribution in [-0.2, 0) is 14.3 Å². The zero-order valence-electron chi connectivity index (χ0n) is 17.2. The Morgan fingerprint density at radius 1 is 0.840 bits per heavy atom. The molecular weight excluding hydrogens is 345 g/mol. The van der Waals surface area contributed by atoms with Crippen LogP contribution in [0, 0.1) is 0 Å². The van der Waals surface area contributed by atoms with Crippen molar-refractivity contribution in [3.05, 3.63) is 42.5 Å². The van der Waals surface area contributed by atoms with Gasteiger partial charge in [0.05, 0.1) is 6.61 Å². The summed E-state index contributed by atoms with van der Waals surface area (Å²) in [6, 6.07) is 12.8. The van der Waals surface area contributed by atoms with Gasteiger partial charge in [0.15, 0.2) is 0 Å². The quantitative estimate of drug-likeness (QED) is 0.295. The molecular formula is C20H30MgO3S. The van der Waals surface area contributed by atoms with E-state index in [9.17, 15) is 8.42 Å². The second-order valence-corrected chi connectivity index (χ2v) is 7.81. The smallest absolute Gasteiger partial charge is 1.00 e. The minimum absolute atomic E-state index is 0. The summed E-state index contributed by atoms with van der Waals surface area (Å²) in [6.45, 7) is 2.48. The molecule has 0 fully saturated rings. The van der Waals surface area contributed by atoms with Gasteiger partial charge in [0, 0.05) is 5.39 Å². The van der Waals surface area contributed by atoms with Gasteiger partial charge < -0.3 is 2.85 Å². The fraction of sp³-hybridized carbons (Fsp3) is 0.500. The molecule has 0 saturated carbocycles. The molecule has 25 heavy (non-hydrogen) atoms. The van der Waals surface area contributed by atoms with Crippen molar-refractivity contribution in [3.8, 4) is 0 Å². The molecule has 0 bridgehead atoms. The van der Waals surface area contributed by atoms with E-state index in [4.69, 9.17) is 4.18 Å². The largest absolute Gasteiger partial charge is 2.00 e. The minimum Gasteiger partial charge on any atom is -1.00 e. The van der Waals surface area contributed by atoms with E-state index in [0.29, 0.717) is 0 Å². The van der Waals surface area contributed by atoms with E-state index < -0.39 is 10.1 Å². The Bertz CT molecular complexity index is 734. The average molecular weight is 375 g/mol. The number of rotatable bonds is 11. The molecule has 0 radical (unpaired) electrons. The van der Waals surface area contributed by atoms with Crippen LogP contribution in [0.15, 0.2) is 47.4 Å². The van der Waals surface area contributed by atoms with Gasteiger partial charge in [-0.1, -0.05) is 88.3 Å². The van der Waals surface area contributed by atoms with E-state index >= 15 is 0 Å². The van der Waals surface area contributed by atoms with Crippen molar-refractivity contribution >= 4 is 43.9 Å². The predicted octanol–water partition coefficient (Wildman–Crippen LogP) is 5.53. The first kappa shape index (κ1) is 22.4. The van der Waals surface area contributed by atoms with Crippen LogP contribution in [0.3, 0.4) is 0 Å². The van der Waals surface area contributed by atoms with Crippen LogP contribution in [-0.4, -0.2) is 38.1 Å². The van der Waals surface area contributed by atoms with E-state index in [-0.39, 0.29) is 37.4 Å². The molecule has 0 saturated heterocycles. The molecule has 0 heterocycles. The number of hydrogen-bond donors (Lipinski definition) is 0. The van der Waals surface area contributed by atoms with Crippen molar-refractivity contribution in [2.75, 3.05) is 6.61 Å². The first-order valence-corrected chi connectivity index (χ1v) is 10.4. The van der Waals surface area contributed by atoms with Gasteiger partial charge in [0.25, 0.3) is 10.1 Å². The van der Waals surface area contributed by atoms with Gasteiger partial charge in [-0.3, -0.25) is 4.18 Å². The fourth-order valence-corrected chi connectivity index (χ4v) is 4.05. The van der Waals surface area contributed by atoms with Crippen LogP contribution >= 0.6 is 0 Å². The first-order valence-electron chi connectivity index (χ1n) is 9.02. The van der Waals surface area contributed by atoms with E-state index in [1.54, 1.807) is 12.1 Å². The average Bonchev–Trinajstić information content (AvgIpc) is 2.59. The molecule has 0 spiro atoms. The van der Waals surface area contributed by atoms with Crippen LogP contribution < -0.4 is 0 Å². The molecule has 5 heteroatoms. The van der Waals surface area contributed by atoms with Crippen molar-refractivity contribution < 1.29 is 15.5 Å². The number of benzene rings is 2. The summed E-state index contributed by atoms with van der Waals surface area (Å²) in [5.74, 6) is 0. The van der Waals surface area contributed by atoms with E-state index in [0.717, 1.165) is 30.0 Å². The van der Waals surface area contributed by atoms with Gasteiger partial charge in [-0.25, -0.2) is 0 Å². The van der Waals surface area contributed by atoms with Crippen molar-refractivity contribution in [2.45, 2.75) is 63.2 Å². The van der Waals surface area contributed by atoms with Gasteiger partial charge in [-0.15, -0.1) is 0 Å². The third-order valence-electron chi connectivity index (χ3n) is 4.26. The zero-order chi connectivity index (χ0) is 17.3. The Morgan fingerprint density at radius 3 is 2.16 bits per heavy atom. The van der Waals surface area contributed by atoms with Crippen LogP contribution in [0.2, 0.25) is 0 Å². The molecule has 2 rings (SSSR count). The summed E-state index contributed by atoms with van der Waals surface area (Å²) in [5, 5.41) is 1.63. The third kappa shape index (κ3) is 7.25. The molecule has 0 aliphatic carbocycles. The summed E-state index contributed by atoms with van der Waals surface area (Å²) in [4.78, 5) is 0.264. The first-order chi connectivity index (χ1) is 11.6. The number of unbranched alkanes of at least 4 members (excludes halogenated alkanes) is 7. The monoisotopic (exact) mass is 374 g/mol. The summed E-state index contributed by atoms with van der Waals surface area (Å²) in [7, 11) is -3.69. The topological polar surface area (TPSA) is 43.4 Å². The van der Waals surface area contributed by atoms with Crippen molar-refractivity contribution in [1.82, 2.24) is 0 Å². The molecule has 0 aromatic heterocycles. The molecule has 0 aliphatic rings. The van der Waals surface area contributed by atoms with Crippen LogP contribution in [0.5, 0.6) is 0 Å². The van der Waals surface area contributed by atoms with Crippen molar-refractivity contribution in [1.29, 1.82) is 0 Å². The summed E-state index contributed by atoms with van der Waals surface area (Å²) in [5.41, 5.74) is 0. The Labute approximate surface area is 171 Å². The summed E-state index contributed by atoms with van der Waals surface area (Å²) < 4.78 is 30.1. The minimum atomic E-state index is -3.69. The molecule has 136 valence electrons. The Morgan fingerprint density at radius 2 is 1.44 bits per heavy atom. The number of hydrogen-bond acceptors (Lipinski definition) is 3. The SMILES string of the molecule is CCCCCCCCCCOS(=O)(=O)c1cccc2ccccc12.[H-].[H-].[Mg+2]. The van der Waals surface area contributed by atoms with Gasteiger partial charge >= 0.3 is 23.1 Å². The zero-order valence-corrected chi connectivity index (χ0v) is 17.5. The van der Waals surface area contributed by atoms with Crippen molar-refractivity contribution in [2.24, 2.45) is 0 Å². The maximum absolute atomic E-state index is 12.4. The molecule has 2 aromatic rings. The third-order valence-corrected chi connectivity index (χ3v) is 5.63. The van der Waals surface area contributed by atoms with Gasteiger partial charge in [-0.2, -0.15) is 8.42 Å². The molecule has 0 unspecified atom stereocenters. The van der Waals surface area contributed by atoms with E-state index in [2.05, 4.69) is 6.92 Å². The molecule has 0 atom stereocenters. The normalized spacial score (nSPS) is 11.4. The van der Waals surface area contributed by atoms with Gasteiger partial charge in [0.2, 0.25) is 0 Å². The second kappa shape index (κ2) is 11.9. The molecule has 0 aliphatic heterocycles. The Kier molecular flexibility index (Phi) is 10.7. The number of fused-ring (bicyclic) bond motifs is 1. The van der Waals surface area contributed by atoms with Gasteiger partial charge in [-0.05, 0) is 17.9 Å². The molecule has 0 amide bonds. The standard InChI is InChI=1S/C20H28O3S.Mg.2H/c1-2-3-4-5-6-7-8-11-17-23-24(21,22)20-16-12-14-18-13-9-10-15-19(18)20;;;/h9-10,12-16H,2-8,11,17H2,1H3;;;/q;+2;2*-1. The summed E-state index contributed by atoms with van der Waals surface area (Å²) >= 11 is 0. The molecule has 3 nitrogen and oxygen atoms in total. The van der Waals surface area contributed by atoms with Crippen LogP contribution in [0.4, 0.5) is 0 Å². The summed E-state index contributed by atoms with van der Waals surface area (Å²) in [6.07, 6.45) is 9.37. The fourth-order valence-electron chi connectivity index (χ4n) is 2.88. The van der Waals surface area contributed by atoms with Crippen molar-refractivity contribution in [3.63, 3.8) is 0 Å². The molecule has 2 aromatic carbocycles. The molecule has 0 N–H and O–H groups in total.